The van der Waals surface area contributed by atoms with E-state index < -0.39 is 31.1 Å². The maximum Gasteiger partial charge on any atom is 0.320 e. The number of aliphatic hydroxyl groups is 3. The summed E-state index contributed by atoms with van der Waals surface area (Å²) < 4.78 is 13.8. The lowest BCUT2D eigenvalue weighted by molar-refractivity contribution is -0.0511. The number of ether oxygens (including phenoxy) is 2. The number of para-hydroxylation sites is 1. The number of nitrogens with two attached hydrogens (primary N) is 1. The minimum Gasteiger partial charge on any atom is -0.463 e. The zero-order valence-electron chi connectivity index (χ0n) is 16.7. The largest absolute Gasteiger partial charge is 0.463 e. The molecular weight excluding hydrogens is 484 g/mol. The van der Waals surface area contributed by atoms with E-state index in [1.54, 1.807) is 0 Å². The van der Waals surface area contributed by atoms with Crippen LogP contribution in [0.1, 0.15) is 11.8 Å². The molecule has 0 unspecified atom stereocenters. The van der Waals surface area contributed by atoms with Crippen LogP contribution in [0.3, 0.4) is 0 Å². The number of nitrogen functional groups attached to an aromatic ring is 1. The summed E-state index contributed by atoms with van der Waals surface area (Å²) in [7, 11) is 0. The van der Waals surface area contributed by atoms with Gasteiger partial charge >= 0.3 is 6.01 Å². The third kappa shape index (κ3) is 3.49. The van der Waals surface area contributed by atoms with E-state index in [1.807, 2.05) is 24.4 Å². The molecule has 1 aliphatic heterocycles. The fraction of sp³-hybridized carbons (Fsp3) is 0.350. The molecule has 1 saturated heterocycles. The molecule has 1 aromatic carbocycles. The average Bonchev–Trinajstić information content (AvgIpc) is 3.46. The highest BCUT2D eigenvalue weighted by atomic mass is 79.9. The van der Waals surface area contributed by atoms with Gasteiger partial charge in [0.25, 0.3) is 0 Å². The molecule has 6 N–H and O–H groups in total. The minimum absolute atomic E-state index is 0.0597. The molecule has 0 radical (unpaired) electrons. The lowest BCUT2D eigenvalue weighted by Crippen LogP contribution is -2.33. The Hall–Kier alpha value is -2.77. The minimum atomic E-state index is -1.27. The van der Waals surface area contributed by atoms with Crippen molar-refractivity contribution in [3.8, 4) is 6.01 Å². The van der Waals surface area contributed by atoms with Gasteiger partial charge in [0.05, 0.1) is 25.1 Å². The Morgan fingerprint density at radius 1 is 1.25 bits per heavy atom. The van der Waals surface area contributed by atoms with Crippen molar-refractivity contribution in [1.82, 2.24) is 24.5 Å². The molecule has 0 aliphatic carbocycles. The fourth-order valence-corrected chi connectivity index (χ4v) is 4.39. The Labute approximate surface area is 190 Å². The number of nitrogens with zero attached hydrogens (tertiary/aromatic N) is 4. The second-order valence-electron chi connectivity index (χ2n) is 7.52. The van der Waals surface area contributed by atoms with Crippen molar-refractivity contribution < 1.29 is 24.8 Å². The summed E-state index contributed by atoms with van der Waals surface area (Å²) in [6.45, 7) is -0.121. The molecule has 0 amide bonds. The van der Waals surface area contributed by atoms with Crippen LogP contribution >= 0.6 is 15.9 Å². The van der Waals surface area contributed by atoms with Crippen molar-refractivity contribution in [3.63, 3.8) is 0 Å². The second-order valence-corrected chi connectivity index (χ2v) is 8.37. The van der Waals surface area contributed by atoms with Crippen LogP contribution in [0.2, 0.25) is 0 Å². The van der Waals surface area contributed by atoms with Gasteiger partial charge in [-0.3, -0.25) is 4.57 Å². The number of aliphatic hydroxyl groups excluding tert-OH is 3. The van der Waals surface area contributed by atoms with E-state index in [1.165, 1.54) is 10.9 Å². The number of nitrogens with one attached hydrogen (secondary N) is 1. The molecule has 32 heavy (non-hydrogen) atoms. The van der Waals surface area contributed by atoms with Gasteiger partial charge in [0.15, 0.2) is 23.2 Å². The monoisotopic (exact) mass is 504 g/mol. The molecule has 4 aromatic rings. The highest BCUT2D eigenvalue weighted by Gasteiger charge is 2.44. The van der Waals surface area contributed by atoms with Gasteiger partial charge in [0.2, 0.25) is 0 Å². The summed E-state index contributed by atoms with van der Waals surface area (Å²) in [5, 5.41) is 30.8. The maximum absolute atomic E-state index is 10.3. The number of benzene rings is 1. The number of H-pyrrole nitrogens is 1. The van der Waals surface area contributed by atoms with Crippen LogP contribution in [0.4, 0.5) is 5.82 Å². The van der Waals surface area contributed by atoms with Gasteiger partial charge in [-0.2, -0.15) is 9.97 Å². The first-order chi connectivity index (χ1) is 15.5. The van der Waals surface area contributed by atoms with Crippen LogP contribution in [-0.2, 0) is 11.2 Å². The van der Waals surface area contributed by atoms with Gasteiger partial charge < -0.3 is 35.5 Å². The van der Waals surface area contributed by atoms with Gasteiger partial charge in [-0.25, -0.2) is 4.98 Å². The number of fused-ring (bicyclic) bond motifs is 2. The van der Waals surface area contributed by atoms with Crippen molar-refractivity contribution in [3.05, 3.63) is 40.8 Å². The van der Waals surface area contributed by atoms with E-state index in [0.29, 0.717) is 24.2 Å². The second kappa shape index (κ2) is 8.30. The molecule has 168 valence electrons. The van der Waals surface area contributed by atoms with Gasteiger partial charge in [-0.15, -0.1) is 0 Å². The number of rotatable bonds is 6. The Morgan fingerprint density at radius 2 is 2.09 bits per heavy atom. The summed E-state index contributed by atoms with van der Waals surface area (Å²) in [4.78, 5) is 16.0. The van der Waals surface area contributed by atoms with Crippen molar-refractivity contribution in [2.24, 2.45) is 0 Å². The highest BCUT2D eigenvalue weighted by Crippen LogP contribution is 2.32. The first-order valence-electron chi connectivity index (χ1n) is 9.97. The van der Waals surface area contributed by atoms with Crippen molar-refractivity contribution >= 4 is 43.8 Å². The number of imidazole rings is 1. The fourth-order valence-electron chi connectivity index (χ4n) is 3.91. The number of aromatic amines is 1. The quantitative estimate of drug-likeness (QED) is 0.256. The Kier molecular flexibility index (Phi) is 5.47. The third-order valence-corrected chi connectivity index (χ3v) is 6.23. The molecule has 4 atom stereocenters. The summed E-state index contributed by atoms with van der Waals surface area (Å²) in [5.41, 5.74) is 8.75. The molecule has 5 rings (SSSR count). The van der Waals surface area contributed by atoms with Gasteiger partial charge in [-0.1, -0.05) is 12.1 Å². The highest BCUT2D eigenvalue weighted by molar-refractivity contribution is 9.10. The van der Waals surface area contributed by atoms with Gasteiger partial charge in [0, 0.05) is 22.5 Å². The maximum atomic E-state index is 10.3. The molecule has 0 bridgehead atoms. The standard InChI is InChI=1S/C20H21BrN6O5/c21-11-3-1-2-10-9(6-23-13(10)11)4-5-31-20-25-17(22)14-18(26-20)27(8-24-14)19-16(30)15(29)12(7-28)32-19/h1-3,6,8,12,15-16,19,23,28-30H,4-5,7H2,(H2,22,25,26)/t12-,15-,16-,19-/m1/s1. The Bertz CT molecular complexity index is 1280. The van der Waals surface area contributed by atoms with E-state index in [4.69, 9.17) is 15.2 Å². The number of hydrogen-bond acceptors (Lipinski definition) is 9. The van der Waals surface area contributed by atoms with Crippen LogP contribution < -0.4 is 10.5 Å². The number of hydrogen-bond donors (Lipinski definition) is 5. The Morgan fingerprint density at radius 3 is 2.88 bits per heavy atom. The summed E-state index contributed by atoms with van der Waals surface area (Å²) in [6.07, 6.45) is -0.471. The van der Waals surface area contributed by atoms with Crippen LogP contribution in [0.25, 0.3) is 22.1 Å². The van der Waals surface area contributed by atoms with E-state index >= 15 is 0 Å². The van der Waals surface area contributed by atoms with E-state index in [9.17, 15) is 15.3 Å². The molecule has 11 nitrogen and oxygen atoms in total. The van der Waals surface area contributed by atoms with Crippen molar-refractivity contribution in [2.75, 3.05) is 18.9 Å². The number of anilines is 1. The molecule has 3 aromatic heterocycles. The molecule has 0 spiro atoms. The van der Waals surface area contributed by atoms with E-state index in [0.717, 1.165) is 20.9 Å². The van der Waals surface area contributed by atoms with Crippen LogP contribution in [0, 0.1) is 0 Å². The average molecular weight is 505 g/mol. The number of halogens is 1. The molecule has 12 heteroatoms. The molecule has 1 fully saturated rings. The summed E-state index contributed by atoms with van der Waals surface area (Å²) in [6, 6.07) is 6.04. The van der Waals surface area contributed by atoms with Crippen LogP contribution in [-0.4, -0.2) is 71.3 Å². The predicted molar refractivity (Wildman–Crippen MR) is 118 cm³/mol. The topological polar surface area (TPSA) is 165 Å². The van der Waals surface area contributed by atoms with Crippen LogP contribution in [0.5, 0.6) is 6.01 Å². The third-order valence-electron chi connectivity index (χ3n) is 5.57. The van der Waals surface area contributed by atoms with Crippen molar-refractivity contribution in [1.29, 1.82) is 0 Å². The molecule has 1 aliphatic rings. The first kappa shape index (κ1) is 21.1. The SMILES string of the molecule is Nc1nc(OCCc2c[nH]c3c(Br)cccc23)nc2c1ncn2[C@@H]1O[C@H](CO)[C@@H](O)[C@H]1O. The summed E-state index contributed by atoms with van der Waals surface area (Å²) in [5.74, 6) is 0.117. The van der Waals surface area contributed by atoms with Crippen LogP contribution in [0.15, 0.2) is 35.2 Å². The normalized spacial score (nSPS) is 23.4. The summed E-state index contributed by atoms with van der Waals surface area (Å²) >= 11 is 3.53. The van der Waals surface area contributed by atoms with Crippen molar-refractivity contribution in [2.45, 2.75) is 31.0 Å². The van der Waals surface area contributed by atoms with Gasteiger partial charge in [0.1, 0.15) is 18.3 Å². The smallest absolute Gasteiger partial charge is 0.320 e. The lowest BCUT2D eigenvalue weighted by Gasteiger charge is -2.16. The van der Waals surface area contributed by atoms with Gasteiger partial charge in [-0.05, 0) is 27.6 Å². The zero-order valence-corrected chi connectivity index (χ0v) is 18.3. The first-order valence-corrected chi connectivity index (χ1v) is 10.8. The van der Waals surface area contributed by atoms with E-state index in [-0.39, 0.29) is 11.8 Å². The number of aromatic nitrogens is 5. The lowest BCUT2D eigenvalue weighted by atomic mass is 10.1. The Balaban J connectivity index is 1.37. The molecule has 4 heterocycles. The predicted octanol–water partition coefficient (Wildman–Crippen LogP) is 0.885. The zero-order chi connectivity index (χ0) is 22.4. The van der Waals surface area contributed by atoms with E-state index in [2.05, 4.69) is 35.9 Å². The molecular formula is C20H21BrN6O5. The molecule has 0 saturated carbocycles.